The van der Waals surface area contributed by atoms with E-state index in [0.717, 1.165) is 4.47 Å². The molecule has 0 aromatic carbocycles. The van der Waals surface area contributed by atoms with Crippen LogP contribution >= 0.6 is 50.8 Å². The van der Waals surface area contributed by atoms with Crippen LogP contribution in [0.15, 0.2) is 39.1 Å². The van der Waals surface area contributed by atoms with Gasteiger partial charge in [-0.3, -0.25) is 0 Å². The summed E-state index contributed by atoms with van der Waals surface area (Å²) >= 11 is 8.19. The summed E-state index contributed by atoms with van der Waals surface area (Å²) in [7, 11) is 5.81. The first kappa shape index (κ1) is 25.9. The molecular formula is C21H27BBrO4S3. The van der Waals surface area contributed by atoms with Gasteiger partial charge in [0.05, 0.1) is 0 Å². The Morgan fingerprint density at radius 1 is 1.47 bits per heavy atom. The molecule has 2 rings (SSSR count). The molecule has 0 saturated heterocycles. The van der Waals surface area contributed by atoms with Gasteiger partial charge in [-0.25, -0.2) is 0 Å². The number of aliphatic hydroxyl groups is 2. The van der Waals surface area contributed by atoms with Crippen LogP contribution in [0.1, 0.15) is 17.7 Å². The first-order valence-electron chi connectivity index (χ1n) is 9.74. The zero-order chi connectivity index (χ0) is 22.1. The summed E-state index contributed by atoms with van der Waals surface area (Å²) in [4.78, 5) is 11.8. The summed E-state index contributed by atoms with van der Waals surface area (Å²) in [6.45, 7) is 2.06. The third-order valence-corrected chi connectivity index (χ3v) is 9.37. The summed E-state index contributed by atoms with van der Waals surface area (Å²) < 4.78 is 2.26. The van der Waals surface area contributed by atoms with Gasteiger partial charge in [-0.15, -0.1) is 0 Å². The zero-order valence-corrected chi connectivity index (χ0v) is 20.9. The molecule has 1 fully saturated rings. The number of aliphatic carboxylic acids is 1. The van der Waals surface area contributed by atoms with Crippen molar-refractivity contribution >= 4 is 70.2 Å². The van der Waals surface area contributed by atoms with Crippen LogP contribution in [0.25, 0.3) is 0 Å². The Balaban J connectivity index is 1.89. The van der Waals surface area contributed by atoms with Gasteiger partial charge in [-0.2, -0.15) is 0 Å². The van der Waals surface area contributed by atoms with E-state index in [1.165, 1.54) is 20.8 Å². The van der Waals surface area contributed by atoms with Crippen LogP contribution in [-0.2, 0) is 4.79 Å². The van der Waals surface area contributed by atoms with Gasteiger partial charge in [-0.05, 0) is 0 Å². The second-order valence-electron chi connectivity index (χ2n) is 7.25. The van der Waals surface area contributed by atoms with Crippen LogP contribution < -0.4 is 0 Å². The van der Waals surface area contributed by atoms with Crippen molar-refractivity contribution in [2.45, 2.75) is 36.2 Å². The maximum absolute atomic E-state index is 10.5. The van der Waals surface area contributed by atoms with Crippen LogP contribution in [0.3, 0.4) is 0 Å². The van der Waals surface area contributed by atoms with Crippen LogP contribution in [0.5, 0.6) is 0 Å². The molecule has 1 radical (unpaired) electrons. The fraction of sp³-hybridized carbons (Fsp3) is 0.524. The first-order valence-corrected chi connectivity index (χ1v) is 13.5. The van der Waals surface area contributed by atoms with E-state index in [9.17, 15) is 15.0 Å². The van der Waals surface area contributed by atoms with Crippen LogP contribution in [0, 0.1) is 24.7 Å². The van der Waals surface area contributed by atoms with E-state index < -0.39 is 18.2 Å². The van der Waals surface area contributed by atoms with Gasteiger partial charge in [0.15, 0.2) is 0 Å². The fourth-order valence-corrected chi connectivity index (χ4v) is 6.95. The molecule has 1 saturated carbocycles. The normalized spacial score (nSPS) is 25.3. The summed E-state index contributed by atoms with van der Waals surface area (Å²) in [6.07, 6.45) is 8.07. The number of aryl methyl sites for hydroxylation is 1. The van der Waals surface area contributed by atoms with E-state index in [1.807, 2.05) is 24.3 Å². The van der Waals surface area contributed by atoms with Crippen molar-refractivity contribution in [3.05, 3.63) is 39.7 Å². The molecule has 0 aliphatic heterocycles. The molecule has 1 aromatic rings. The van der Waals surface area contributed by atoms with Gasteiger partial charge < -0.3 is 0 Å². The monoisotopic (exact) mass is 529 g/mol. The molecule has 3 N–H and O–H groups in total. The van der Waals surface area contributed by atoms with Gasteiger partial charge in [0.2, 0.25) is 0 Å². The Bertz CT molecular complexity index is 748. The molecule has 1 aromatic heterocycles. The number of allylic oxidation sites excluding steroid dienone is 2. The number of rotatable bonds is 12. The topological polar surface area (TPSA) is 77.8 Å². The zero-order valence-electron chi connectivity index (χ0n) is 16.8. The fourth-order valence-electron chi connectivity index (χ4n) is 3.51. The summed E-state index contributed by atoms with van der Waals surface area (Å²) in [6, 6.07) is 2.07. The Morgan fingerprint density at radius 2 is 2.23 bits per heavy atom. The number of aliphatic hydroxyl groups excluding tert-OH is 2. The van der Waals surface area contributed by atoms with E-state index in [1.54, 1.807) is 29.1 Å². The Morgan fingerprint density at radius 3 is 2.87 bits per heavy atom. The first-order chi connectivity index (χ1) is 14.3. The van der Waals surface area contributed by atoms with Gasteiger partial charge in [-0.1, -0.05) is 0 Å². The van der Waals surface area contributed by atoms with Gasteiger partial charge >= 0.3 is 201 Å². The Hall–Kier alpha value is -0.315. The van der Waals surface area contributed by atoms with Crippen molar-refractivity contribution in [2.75, 3.05) is 17.3 Å². The second kappa shape index (κ2) is 13.3. The van der Waals surface area contributed by atoms with Crippen molar-refractivity contribution in [3.8, 4) is 0 Å². The number of carbonyl (C=O) groups is 1. The van der Waals surface area contributed by atoms with Crippen molar-refractivity contribution in [1.82, 2.24) is 0 Å². The molecule has 1 aliphatic rings. The number of carboxylic acid groups (broad SMARTS) is 1. The second-order valence-corrected chi connectivity index (χ2v) is 11.7. The SMILES string of the molecule is [B]=C[C@@H]1CC(O)[C@H](C/C=C\CSCC(=O)O)[C@H]1/C=C/[C@@H](O)CSc1cc(Br)c(C)s1. The quantitative estimate of drug-likeness (QED) is 0.163. The molecule has 0 bridgehead atoms. The van der Waals surface area contributed by atoms with E-state index in [-0.39, 0.29) is 23.5 Å². The molecule has 0 amide bonds. The molecule has 1 heterocycles. The minimum atomic E-state index is -0.815. The molecule has 5 atom stereocenters. The van der Waals surface area contributed by atoms with E-state index in [0.29, 0.717) is 24.3 Å². The standard InChI is InChI=1S/C21H27BBrO4S3/c1-13-18(23)9-21(30-13)29-11-15(24)5-6-16-14(10-22)8-19(25)17(16)4-2-3-7-28-12-20(26)27/h2-3,5-6,9-10,14-17,19,24-25H,4,7-8,11-12H2,1H3,(H,26,27)/b3-2-,6-5+/t14-,15+,16-,17+,19?/m0/s1. The summed E-state index contributed by atoms with van der Waals surface area (Å²) in [5.74, 6) is 2.30. The number of carboxylic acids is 1. The van der Waals surface area contributed by atoms with E-state index in [2.05, 4.69) is 28.9 Å². The molecule has 1 aliphatic carbocycles. The van der Waals surface area contributed by atoms with Crippen LogP contribution in [0.2, 0.25) is 0 Å². The third-order valence-electron chi connectivity index (χ3n) is 5.04. The predicted molar refractivity (Wildman–Crippen MR) is 134 cm³/mol. The van der Waals surface area contributed by atoms with Gasteiger partial charge in [0.25, 0.3) is 0 Å². The van der Waals surface area contributed by atoms with Gasteiger partial charge in [0.1, 0.15) is 0 Å². The molecule has 30 heavy (non-hydrogen) atoms. The number of hydrogen-bond acceptors (Lipinski definition) is 6. The number of halogens is 1. The van der Waals surface area contributed by atoms with Crippen LogP contribution in [-0.4, -0.2) is 64.2 Å². The summed E-state index contributed by atoms with van der Waals surface area (Å²) in [5, 5.41) is 29.5. The number of thiophene rings is 1. The molecule has 4 nitrogen and oxygen atoms in total. The maximum atomic E-state index is 10.5. The van der Waals surface area contributed by atoms with E-state index in [4.69, 9.17) is 12.6 Å². The summed E-state index contributed by atoms with van der Waals surface area (Å²) in [5.41, 5.74) is 0. The molecular weight excluding hydrogens is 503 g/mol. The van der Waals surface area contributed by atoms with Crippen molar-refractivity contribution in [2.24, 2.45) is 17.8 Å². The van der Waals surface area contributed by atoms with Crippen molar-refractivity contribution < 1.29 is 20.1 Å². The number of thioether (sulfide) groups is 2. The average molecular weight is 530 g/mol. The minimum absolute atomic E-state index is 0.0301. The molecule has 0 spiro atoms. The average Bonchev–Trinajstić information content (AvgIpc) is 3.19. The van der Waals surface area contributed by atoms with E-state index >= 15 is 0 Å². The third kappa shape index (κ3) is 8.32. The van der Waals surface area contributed by atoms with Crippen molar-refractivity contribution in [3.63, 3.8) is 0 Å². The molecule has 1 unspecified atom stereocenters. The number of hydrogen-bond donors (Lipinski definition) is 3. The molecule has 163 valence electrons. The van der Waals surface area contributed by atoms with Crippen LogP contribution in [0.4, 0.5) is 0 Å². The van der Waals surface area contributed by atoms with Crippen molar-refractivity contribution in [1.29, 1.82) is 0 Å². The predicted octanol–water partition coefficient (Wildman–Crippen LogP) is 4.18. The Kier molecular flexibility index (Phi) is 11.5. The Labute approximate surface area is 200 Å². The van der Waals surface area contributed by atoms with Gasteiger partial charge in [0, 0.05) is 0 Å². The molecule has 9 heteroatoms.